The molecule has 0 aliphatic carbocycles. The fourth-order valence-corrected chi connectivity index (χ4v) is 2.88. The van der Waals surface area contributed by atoms with Gasteiger partial charge in [-0.2, -0.15) is 0 Å². The molecule has 0 saturated carbocycles. The summed E-state index contributed by atoms with van der Waals surface area (Å²) in [4.78, 5) is 34.5. The van der Waals surface area contributed by atoms with E-state index in [0.29, 0.717) is 49.7 Å². The second kappa shape index (κ2) is 13.0. The fourth-order valence-electron chi connectivity index (χ4n) is 2.88. The van der Waals surface area contributed by atoms with Crippen molar-refractivity contribution in [2.75, 3.05) is 20.2 Å². The Balaban J connectivity index is 0.000000861. The molecule has 2 rings (SSSR count). The molecule has 0 saturated heterocycles. The van der Waals surface area contributed by atoms with Crippen LogP contribution in [-0.4, -0.2) is 47.7 Å². The van der Waals surface area contributed by atoms with Crippen LogP contribution in [0.2, 0.25) is 0 Å². The van der Waals surface area contributed by atoms with Crippen molar-refractivity contribution in [1.29, 1.82) is 0 Å². The van der Waals surface area contributed by atoms with Gasteiger partial charge in [0.15, 0.2) is 11.2 Å². The van der Waals surface area contributed by atoms with Gasteiger partial charge in [0.05, 0.1) is 23.6 Å². The average molecular weight is 437 g/mol. The van der Waals surface area contributed by atoms with E-state index in [1.807, 2.05) is 20.8 Å². The molecule has 2 aromatic rings. The van der Waals surface area contributed by atoms with Gasteiger partial charge in [-0.3, -0.25) is 14.4 Å². The van der Waals surface area contributed by atoms with Crippen LogP contribution in [0.25, 0.3) is 10.9 Å². The summed E-state index contributed by atoms with van der Waals surface area (Å²) in [5, 5.41) is 11.8. The molecule has 0 amide bonds. The number of nitrogens with one attached hydrogen (secondary N) is 1. The Kier molecular flexibility index (Phi) is 11.1. The molecule has 0 radical (unpaired) electrons. The Bertz CT molecular complexity index is 953. The number of fused-ring (bicyclic) bond motifs is 1. The summed E-state index contributed by atoms with van der Waals surface area (Å²) in [7, 11) is 1.70. The van der Waals surface area contributed by atoms with E-state index in [1.165, 1.54) is 19.2 Å². The molecule has 0 aliphatic heterocycles. The van der Waals surface area contributed by atoms with Crippen molar-refractivity contribution in [2.45, 2.75) is 59.6 Å². The Morgan fingerprint density at radius 2 is 1.90 bits per heavy atom. The highest BCUT2D eigenvalue weighted by molar-refractivity contribution is 5.97. The number of benzene rings is 1. The van der Waals surface area contributed by atoms with Crippen LogP contribution in [0.3, 0.4) is 0 Å². The van der Waals surface area contributed by atoms with Gasteiger partial charge in [-0.15, -0.1) is 0 Å². The van der Waals surface area contributed by atoms with Crippen LogP contribution in [0.4, 0.5) is 4.39 Å². The van der Waals surface area contributed by atoms with Gasteiger partial charge >= 0.3 is 5.97 Å². The highest BCUT2D eigenvalue weighted by atomic mass is 19.1. The van der Waals surface area contributed by atoms with Gasteiger partial charge in [0.2, 0.25) is 0 Å². The Morgan fingerprint density at radius 1 is 1.26 bits per heavy atom. The van der Waals surface area contributed by atoms with Gasteiger partial charge in [-0.25, -0.2) is 4.39 Å². The number of aliphatic carboxylic acids is 1. The third-order valence-corrected chi connectivity index (χ3v) is 4.76. The first-order chi connectivity index (χ1) is 14.6. The molecule has 0 spiro atoms. The van der Waals surface area contributed by atoms with Gasteiger partial charge in [-0.05, 0) is 64.8 Å². The van der Waals surface area contributed by atoms with Crippen LogP contribution in [0.15, 0.2) is 23.1 Å². The molecule has 0 unspecified atom stereocenters. The molecule has 1 heterocycles. The number of pyridine rings is 1. The third kappa shape index (κ3) is 8.22. The first-order valence-corrected chi connectivity index (χ1v) is 10.4. The van der Waals surface area contributed by atoms with Crippen molar-refractivity contribution in [3.8, 4) is 0 Å². The Hall–Kier alpha value is -2.58. The lowest BCUT2D eigenvalue weighted by molar-refractivity contribution is -0.136. The molecule has 1 aromatic heterocycles. The summed E-state index contributed by atoms with van der Waals surface area (Å²) in [5.74, 6) is -1.67. The van der Waals surface area contributed by atoms with Crippen LogP contribution in [0.5, 0.6) is 0 Å². The van der Waals surface area contributed by atoms with Gasteiger partial charge < -0.3 is 19.7 Å². The summed E-state index contributed by atoms with van der Waals surface area (Å²) < 4.78 is 20.9. The quantitative estimate of drug-likeness (QED) is 0.438. The lowest BCUT2D eigenvalue weighted by Gasteiger charge is -2.13. The minimum Gasteiger partial charge on any atom is -0.481 e. The zero-order valence-corrected chi connectivity index (χ0v) is 19.0. The number of halogens is 1. The smallest absolute Gasteiger partial charge is 0.304 e. The third-order valence-electron chi connectivity index (χ3n) is 4.76. The molecule has 0 bridgehead atoms. The van der Waals surface area contributed by atoms with E-state index in [1.54, 1.807) is 17.7 Å². The average Bonchev–Trinajstić information content (AvgIpc) is 2.71. The number of ketones is 1. The number of Topliss-reactive ketones (excluding diaryl/α,β-unsaturated/α-hetero) is 1. The molecular weight excluding hydrogens is 403 g/mol. The van der Waals surface area contributed by atoms with Crippen LogP contribution >= 0.6 is 0 Å². The summed E-state index contributed by atoms with van der Waals surface area (Å²) >= 11 is 0. The second-order valence-corrected chi connectivity index (χ2v) is 7.46. The summed E-state index contributed by atoms with van der Waals surface area (Å²) in [5.41, 5.74) is 0.722. The monoisotopic (exact) mass is 436 g/mol. The first kappa shape index (κ1) is 26.5. The van der Waals surface area contributed by atoms with E-state index < -0.39 is 17.2 Å². The summed E-state index contributed by atoms with van der Waals surface area (Å²) in [6.07, 6.45) is 3.07. The zero-order valence-electron chi connectivity index (χ0n) is 19.0. The van der Waals surface area contributed by atoms with E-state index in [9.17, 15) is 18.8 Å². The molecule has 7 nitrogen and oxygen atoms in total. The molecule has 2 N–H and O–H groups in total. The number of carboxylic acids is 1. The molecule has 0 fully saturated rings. The number of carboxylic acid groups (broad SMARTS) is 1. The predicted octanol–water partition coefficient (Wildman–Crippen LogP) is 3.40. The number of methoxy groups -OCH3 is 1. The number of carbonyl (C=O) groups is 2. The van der Waals surface area contributed by atoms with Gasteiger partial charge in [-0.1, -0.05) is 0 Å². The first-order valence-electron chi connectivity index (χ1n) is 10.4. The number of ether oxygens (including phenoxy) is 1. The maximum Gasteiger partial charge on any atom is 0.304 e. The zero-order chi connectivity index (χ0) is 23.6. The number of nitrogens with zero attached hydrogens (tertiary/aromatic N) is 1. The van der Waals surface area contributed by atoms with Crippen molar-refractivity contribution in [2.24, 2.45) is 0 Å². The van der Waals surface area contributed by atoms with E-state index in [-0.39, 0.29) is 23.2 Å². The predicted molar refractivity (Wildman–Crippen MR) is 119 cm³/mol. The highest BCUT2D eigenvalue weighted by Gasteiger charge is 2.15. The van der Waals surface area contributed by atoms with Crippen molar-refractivity contribution in [3.05, 3.63) is 45.5 Å². The molecular formula is C23H33FN2O5. The van der Waals surface area contributed by atoms with Crippen LogP contribution in [-0.2, 0) is 22.5 Å². The molecule has 31 heavy (non-hydrogen) atoms. The van der Waals surface area contributed by atoms with Gasteiger partial charge in [0, 0.05) is 31.8 Å². The molecule has 0 atom stereocenters. The summed E-state index contributed by atoms with van der Waals surface area (Å²) in [6.45, 7) is 8.72. The highest BCUT2D eigenvalue weighted by Crippen LogP contribution is 2.19. The SMILES string of the molecule is CCn1cc(C(C)=O)c(=O)c2cc(F)c(CCCNCCC(=O)O)cc21.COC(C)C. The minimum absolute atomic E-state index is 0.0472. The fraction of sp³-hybridized carbons (Fsp3) is 0.522. The standard InChI is InChI=1S/C19H23FN2O4.C4H10O/c1-3-22-11-15(12(2)23)19(26)14-10-16(20)13(9-17(14)22)5-4-7-21-8-6-18(24)25;1-4(2)5-3/h9-11,21H,3-8H2,1-2H3,(H,24,25);4H,1-3H3. The lowest BCUT2D eigenvalue weighted by atomic mass is 10.0. The Labute approximate surface area is 182 Å². The second-order valence-electron chi connectivity index (χ2n) is 7.46. The number of hydrogen-bond donors (Lipinski definition) is 2. The number of aryl methyl sites for hydroxylation is 2. The topological polar surface area (TPSA) is 97.6 Å². The molecule has 172 valence electrons. The summed E-state index contributed by atoms with van der Waals surface area (Å²) in [6, 6.07) is 2.88. The normalized spacial score (nSPS) is 10.8. The maximum absolute atomic E-state index is 14.4. The van der Waals surface area contributed by atoms with Gasteiger partial charge in [0.1, 0.15) is 5.82 Å². The van der Waals surface area contributed by atoms with Crippen LogP contribution in [0.1, 0.15) is 56.5 Å². The maximum atomic E-state index is 14.4. The van der Waals surface area contributed by atoms with E-state index in [4.69, 9.17) is 9.84 Å². The minimum atomic E-state index is -0.861. The van der Waals surface area contributed by atoms with E-state index >= 15 is 0 Å². The van der Waals surface area contributed by atoms with Crippen LogP contribution < -0.4 is 10.7 Å². The Morgan fingerprint density at radius 3 is 2.42 bits per heavy atom. The molecule has 0 aliphatic rings. The number of aromatic nitrogens is 1. The molecule has 1 aromatic carbocycles. The van der Waals surface area contributed by atoms with Crippen molar-refractivity contribution >= 4 is 22.7 Å². The van der Waals surface area contributed by atoms with Crippen molar-refractivity contribution in [1.82, 2.24) is 9.88 Å². The van der Waals surface area contributed by atoms with Gasteiger partial charge in [0.25, 0.3) is 0 Å². The van der Waals surface area contributed by atoms with E-state index in [0.717, 1.165) is 0 Å². The number of hydrogen-bond acceptors (Lipinski definition) is 5. The van der Waals surface area contributed by atoms with Crippen molar-refractivity contribution in [3.63, 3.8) is 0 Å². The number of carbonyl (C=O) groups excluding carboxylic acids is 1. The van der Waals surface area contributed by atoms with Crippen LogP contribution in [0, 0.1) is 5.82 Å². The molecule has 8 heteroatoms. The van der Waals surface area contributed by atoms with E-state index in [2.05, 4.69) is 5.32 Å². The van der Waals surface area contributed by atoms with Crippen molar-refractivity contribution < 1.29 is 23.8 Å². The largest absolute Gasteiger partial charge is 0.481 e. The lowest BCUT2D eigenvalue weighted by Crippen LogP contribution is -2.20. The number of rotatable bonds is 10.